The fourth-order valence-corrected chi connectivity index (χ4v) is 3.85. The lowest BCUT2D eigenvalue weighted by Crippen LogP contribution is -2.50. The van der Waals surface area contributed by atoms with Crippen LogP contribution in [-0.2, 0) is 11.0 Å². The Morgan fingerprint density at radius 3 is 2.32 bits per heavy atom. The van der Waals surface area contributed by atoms with Crippen molar-refractivity contribution < 1.29 is 23.1 Å². The van der Waals surface area contributed by atoms with Crippen molar-refractivity contribution in [3.05, 3.63) is 5.01 Å². The Labute approximate surface area is 152 Å². The van der Waals surface area contributed by atoms with Gasteiger partial charge in [0.25, 0.3) is 0 Å². The molecule has 0 aromatic carbocycles. The van der Waals surface area contributed by atoms with Crippen molar-refractivity contribution in [2.75, 3.05) is 31.1 Å². The van der Waals surface area contributed by atoms with Crippen LogP contribution in [0.4, 0.5) is 18.3 Å². The number of aromatic nitrogens is 2. The molecular formula is C13H19ClF3N5O2S. The third kappa shape index (κ3) is 4.33. The summed E-state index contributed by atoms with van der Waals surface area (Å²) in [5, 5.41) is 15.7. The third-order valence-corrected chi connectivity index (χ3v) is 5.47. The molecule has 25 heavy (non-hydrogen) atoms. The van der Waals surface area contributed by atoms with E-state index in [1.807, 2.05) is 0 Å². The second-order valence-corrected chi connectivity index (χ2v) is 7.06. The summed E-state index contributed by atoms with van der Waals surface area (Å²) in [6, 6.07) is -0.373. The SMILES string of the molecule is Cl.N[C@H]1C[C@H](C(=O)N2CCN(c3nnc(C(F)(F)F)s3)CC2)C[C@@H]1O. The van der Waals surface area contributed by atoms with E-state index in [1.54, 1.807) is 9.80 Å². The molecule has 3 rings (SSSR count). The molecule has 2 heterocycles. The lowest BCUT2D eigenvalue weighted by atomic mass is 10.1. The highest BCUT2D eigenvalue weighted by Gasteiger charge is 2.39. The number of aliphatic hydroxyl groups excluding tert-OH is 1. The van der Waals surface area contributed by atoms with Crippen LogP contribution in [0.5, 0.6) is 0 Å². The summed E-state index contributed by atoms with van der Waals surface area (Å²) in [5.74, 6) is -0.324. The number of aliphatic hydroxyl groups is 1. The summed E-state index contributed by atoms with van der Waals surface area (Å²) in [4.78, 5) is 15.8. The van der Waals surface area contributed by atoms with E-state index in [9.17, 15) is 23.1 Å². The van der Waals surface area contributed by atoms with Crippen LogP contribution in [0.3, 0.4) is 0 Å². The number of carbonyl (C=O) groups is 1. The summed E-state index contributed by atoms with van der Waals surface area (Å²) in [5.41, 5.74) is 5.74. The van der Waals surface area contributed by atoms with Gasteiger partial charge < -0.3 is 20.6 Å². The number of hydrogen-bond acceptors (Lipinski definition) is 7. The lowest BCUT2D eigenvalue weighted by Gasteiger charge is -2.35. The van der Waals surface area contributed by atoms with Gasteiger partial charge in [-0.25, -0.2) is 0 Å². The number of carbonyl (C=O) groups excluding carboxylic acids is 1. The van der Waals surface area contributed by atoms with Crippen LogP contribution in [-0.4, -0.2) is 64.4 Å². The molecule has 7 nitrogen and oxygen atoms in total. The molecule has 1 aromatic heterocycles. The number of piperazine rings is 1. The Kier molecular flexibility index (Phi) is 6.13. The largest absolute Gasteiger partial charge is 0.445 e. The van der Waals surface area contributed by atoms with Crippen molar-refractivity contribution in [1.82, 2.24) is 15.1 Å². The smallest absolute Gasteiger partial charge is 0.391 e. The molecule has 0 radical (unpaired) electrons. The van der Waals surface area contributed by atoms with E-state index < -0.39 is 17.3 Å². The van der Waals surface area contributed by atoms with Gasteiger partial charge in [-0.1, -0.05) is 11.3 Å². The minimum atomic E-state index is -4.49. The summed E-state index contributed by atoms with van der Waals surface area (Å²) < 4.78 is 37.7. The van der Waals surface area contributed by atoms with Crippen LogP contribution in [0.15, 0.2) is 0 Å². The van der Waals surface area contributed by atoms with Crippen molar-refractivity contribution in [3.8, 4) is 0 Å². The van der Waals surface area contributed by atoms with Crippen LogP contribution in [0.2, 0.25) is 0 Å². The molecule has 3 N–H and O–H groups in total. The van der Waals surface area contributed by atoms with Crippen LogP contribution in [0.1, 0.15) is 17.8 Å². The molecule has 1 amide bonds. The minimum absolute atomic E-state index is 0. The van der Waals surface area contributed by atoms with E-state index in [0.717, 1.165) is 0 Å². The zero-order valence-electron chi connectivity index (χ0n) is 13.1. The molecule has 3 atom stereocenters. The summed E-state index contributed by atoms with van der Waals surface area (Å²) in [6.07, 6.45) is -4.31. The monoisotopic (exact) mass is 401 g/mol. The Bertz CT molecular complexity index is 599. The zero-order chi connectivity index (χ0) is 17.5. The number of amides is 1. The second-order valence-electron chi connectivity index (χ2n) is 6.10. The number of halogens is 4. The van der Waals surface area contributed by atoms with Crippen molar-refractivity contribution >= 4 is 34.8 Å². The van der Waals surface area contributed by atoms with Gasteiger partial charge >= 0.3 is 6.18 Å². The zero-order valence-corrected chi connectivity index (χ0v) is 14.8. The average Bonchev–Trinajstić information content (AvgIpc) is 3.14. The maximum Gasteiger partial charge on any atom is 0.445 e. The van der Waals surface area contributed by atoms with Crippen molar-refractivity contribution in [2.24, 2.45) is 11.7 Å². The molecule has 2 aliphatic rings. The number of rotatable bonds is 2. The van der Waals surface area contributed by atoms with E-state index >= 15 is 0 Å². The molecule has 1 aliphatic carbocycles. The Hall–Kier alpha value is -1.17. The van der Waals surface area contributed by atoms with Crippen LogP contribution in [0.25, 0.3) is 0 Å². The third-order valence-electron chi connectivity index (χ3n) is 4.44. The van der Waals surface area contributed by atoms with E-state index in [4.69, 9.17) is 5.73 Å². The summed E-state index contributed by atoms with van der Waals surface area (Å²) >= 11 is 0.508. The minimum Gasteiger partial charge on any atom is -0.391 e. The van der Waals surface area contributed by atoms with Gasteiger partial charge in [0.15, 0.2) is 0 Å². The molecule has 0 spiro atoms. The van der Waals surface area contributed by atoms with Gasteiger partial charge in [-0.3, -0.25) is 4.79 Å². The topological polar surface area (TPSA) is 95.6 Å². The fraction of sp³-hybridized carbons (Fsp3) is 0.769. The Morgan fingerprint density at radius 1 is 1.20 bits per heavy atom. The number of nitrogens with two attached hydrogens (primary N) is 1. The predicted octanol–water partition coefficient (Wildman–Crippen LogP) is 0.726. The number of nitrogens with zero attached hydrogens (tertiary/aromatic N) is 4. The molecule has 142 valence electrons. The van der Waals surface area contributed by atoms with E-state index in [1.165, 1.54) is 0 Å². The molecular weight excluding hydrogens is 383 g/mol. The van der Waals surface area contributed by atoms with Gasteiger partial charge in [-0.15, -0.1) is 22.6 Å². The molecule has 1 aliphatic heterocycles. The summed E-state index contributed by atoms with van der Waals surface area (Å²) in [7, 11) is 0. The standard InChI is InChI=1S/C13H18F3N5O2S.ClH/c14-13(15,16)11-18-19-12(24-11)21-3-1-20(2-4-21)10(23)7-5-8(17)9(22)6-7;/h7-9,22H,1-6,17H2;1H/t7-,8-,9-;/m0./s1. The Morgan fingerprint density at radius 2 is 1.84 bits per heavy atom. The van der Waals surface area contributed by atoms with Gasteiger partial charge in [-0.05, 0) is 12.8 Å². The summed E-state index contributed by atoms with van der Waals surface area (Å²) in [6.45, 7) is 1.61. The number of hydrogen-bond donors (Lipinski definition) is 2. The molecule has 0 unspecified atom stereocenters. The maximum atomic E-state index is 12.6. The molecule has 12 heteroatoms. The number of anilines is 1. The first kappa shape index (κ1) is 20.1. The quantitative estimate of drug-likeness (QED) is 0.758. The number of alkyl halides is 3. The first-order chi connectivity index (χ1) is 11.3. The predicted molar refractivity (Wildman–Crippen MR) is 87.7 cm³/mol. The highest BCUT2D eigenvalue weighted by Crippen LogP contribution is 2.34. The molecule has 1 saturated heterocycles. The van der Waals surface area contributed by atoms with Gasteiger partial charge in [0, 0.05) is 38.1 Å². The molecule has 0 bridgehead atoms. The van der Waals surface area contributed by atoms with Gasteiger partial charge in [0.05, 0.1) is 6.10 Å². The normalized spacial score (nSPS) is 27.3. The van der Waals surface area contributed by atoms with E-state index in [0.29, 0.717) is 50.4 Å². The molecule has 2 fully saturated rings. The molecule has 1 saturated carbocycles. The van der Waals surface area contributed by atoms with E-state index in [-0.39, 0.29) is 35.4 Å². The first-order valence-corrected chi connectivity index (χ1v) is 8.45. The van der Waals surface area contributed by atoms with Gasteiger partial charge in [0.2, 0.25) is 16.0 Å². The van der Waals surface area contributed by atoms with Crippen LogP contribution < -0.4 is 10.6 Å². The van der Waals surface area contributed by atoms with Gasteiger partial charge in [0.1, 0.15) is 0 Å². The van der Waals surface area contributed by atoms with Crippen LogP contribution in [0, 0.1) is 5.92 Å². The first-order valence-electron chi connectivity index (χ1n) is 7.64. The highest BCUT2D eigenvalue weighted by molar-refractivity contribution is 7.15. The van der Waals surface area contributed by atoms with Crippen molar-refractivity contribution in [2.45, 2.75) is 31.2 Å². The lowest BCUT2D eigenvalue weighted by molar-refractivity contribution is -0.138. The fourth-order valence-electron chi connectivity index (χ4n) is 3.08. The Balaban J connectivity index is 0.00000225. The molecule has 1 aromatic rings. The average molecular weight is 402 g/mol. The maximum absolute atomic E-state index is 12.6. The van der Waals surface area contributed by atoms with Gasteiger partial charge in [-0.2, -0.15) is 13.2 Å². The second kappa shape index (κ2) is 7.60. The van der Waals surface area contributed by atoms with E-state index in [2.05, 4.69) is 10.2 Å². The highest BCUT2D eigenvalue weighted by atomic mass is 35.5. The van der Waals surface area contributed by atoms with Crippen molar-refractivity contribution in [3.63, 3.8) is 0 Å². The van der Waals surface area contributed by atoms with Crippen LogP contribution >= 0.6 is 23.7 Å². The van der Waals surface area contributed by atoms with Crippen molar-refractivity contribution in [1.29, 1.82) is 0 Å².